The standard InChI is InChI=1S/C12H21FN4/c1-3-7-17(8-5-6-14)12-11(13)10(4-2)15-9-16-12/h9H,3-8,14H2,1-2H3. The monoisotopic (exact) mass is 240 g/mol. The van der Waals surface area contributed by atoms with Crippen molar-refractivity contribution in [2.24, 2.45) is 5.73 Å². The van der Waals surface area contributed by atoms with Crippen LogP contribution in [-0.2, 0) is 6.42 Å². The summed E-state index contributed by atoms with van der Waals surface area (Å²) in [7, 11) is 0. The Morgan fingerprint density at radius 3 is 2.65 bits per heavy atom. The van der Waals surface area contributed by atoms with Crippen molar-refractivity contribution >= 4 is 5.82 Å². The molecule has 0 fully saturated rings. The highest BCUT2D eigenvalue weighted by Gasteiger charge is 2.15. The lowest BCUT2D eigenvalue weighted by Crippen LogP contribution is -2.29. The molecule has 0 radical (unpaired) electrons. The molecular formula is C12H21FN4. The molecule has 0 spiro atoms. The molecule has 0 aliphatic carbocycles. The summed E-state index contributed by atoms with van der Waals surface area (Å²) in [4.78, 5) is 9.95. The van der Waals surface area contributed by atoms with E-state index in [1.165, 1.54) is 6.33 Å². The number of nitrogens with zero attached hydrogens (tertiary/aromatic N) is 3. The van der Waals surface area contributed by atoms with Crippen molar-refractivity contribution in [1.29, 1.82) is 0 Å². The second-order valence-electron chi connectivity index (χ2n) is 3.94. The molecule has 96 valence electrons. The Morgan fingerprint density at radius 1 is 1.29 bits per heavy atom. The molecule has 17 heavy (non-hydrogen) atoms. The van der Waals surface area contributed by atoms with E-state index in [0.717, 1.165) is 25.9 Å². The highest BCUT2D eigenvalue weighted by atomic mass is 19.1. The average molecular weight is 240 g/mol. The third-order valence-electron chi connectivity index (χ3n) is 2.60. The molecule has 0 atom stereocenters. The molecule has 1 aromatic rings. The van der Waals surface area contributed by atoms with Gasteiger partial charge in [0.25, 0.3) is 0 Å². The van der Waals surface area contributed by atoms with Gasteiger partial charge in [-0.15, -0.1) is 0 Å². The van der Waals surface area contributed by atoms with Crippen molar-refractivity contribution in [1.82, 2.24) is 9.97 Å². The van der Waals surface area contributed by atoms with Crippen LogP contribution in [0.2, 0.25) is 0 Å². The van der Waals surface area contributed by atoms with Crippen molar-refractivity contribution in [2.75, 3.05) is 24.5 Å². The number of hydrogen-bond acceptors (Lipinski definition) is 4. The van der Waals surface area contributed by atoms with Gasteiger partial charge in [0.1, 0.15) is 6.33 Å². The lowest BCUT2D eigenvalue weighted by atomic mass is 10.2. The molecule has 0 saturated heterocycles. The number of aromatic nitrogens is 2. The number of nitrogens with two attached hydrogens (primary N) is 1. The predicted molar refractivity (Wildman–Crippen MR) is 67.5 cm³/mol. The quantitative estimate of drug-likeness (QED) is 0.788. The van der Waals surface area contributed by atoms with E-state index in [0.29, 0.717) is 24.5 Å². The van der Waals surface area contributed by atoms with E-state index in [1.807, 2.05) is 11.8 Å². The van der Waals surface area contributed by atoms with Crippen LogP contribution in [0.25, 0.3) is 0 Å². The van der Waals surface area contributed by atoms with Crippen LogP contribution in [0, 0.1) is 5.82 Å². The molecule has 4 nitrogen and oxygen atoms in total. The number of aryl methyl sites for hydroxylation is 1. The van der Waals surface area contributed by atoms with Crippen molar-refractivity contribution in [2.45, 2.75) is 33.1 Å². The molecule has 0 bridgehead atoms. The largest absolute Gasteiger partial charge is 0.354 e. The second kappa shape index (κ2) is 7.17. The number of anilines is 1. The third-order valence-corrected chi connectivity index (χ3v) is 2.60. The summed E-state index contributed by atoms with van der Waals surface area (Å²) in [5.41, 5.74) is 5.97. The van der Waals surface area contributed by atoms with Gasteiger partial charge in [0.15, 0.2) is 11.6 Å². The van der Waals surface area contributed by atoms with Crippen LogP contribution in [0.5, 0.6) is 0 Å². The molecule has 1 aromatic heterocycles. The Kier molecular flexibility index (Phi) is 5.83. The van der Waals surface area contributed by atoms with Crippen molar-refractivity contribution in [3.8, 4) is 0 Å². The Balaban J connectivity index is 2.92. The number of hydrogen-bond donors (Lipinski definition) is 1. The third kappa shape index (κ3) is 3.63. The first kappa shape index (κ1) is 13.8. The highest BCUT2D eigenvalue weighted by Crippen LogP contribution is 2.18. The maximum atomic E-state index is 14.1. The Hall–Kier alpha value is -1.23. The van der Waals surface area contributed by atoms with Gasteiger partial charge < -0.3 is 10.6 Å². The SMILES string of the molecule is CCCN(CCCN)c1ncnc(CC)c1F. The maximum absolute atomic E-state index is 14.1. The smallest absolute Gasteiger partial charge is 0.187 e. The minimum absolute atomic E-state index is 0.291. The van der Waals surface area contributed by atoms with E-state index in [-0.39, 0.29) is 5.82 Å². The first-order valence-electron chi connectivity index (χ1n) is 6.18. The summed E-state index contributed by atoms with van der Waals surface area (Å²) < 4.78 is 14.1. The molecule has 5 heteroatoms. The van der Waals surface area contributed by atoms with Crippen molar-refractivity contribution in [3.05, 3.63) is 17.8 Å². The number of halogens is 1. The van der Waals surface area contributed by atoms with Crippen LogP contribution >= 0.6 is 0 Å². The fourth-order valence-electron chi connectivity index (χ4n) is 1.74. The van der Waals surface area contributed by atoms with E-state index >= 15 is 0 Å². The van der Waals surface area contributed by atoms with Crippen LogP contribution in [-0.4, -0.2) is 29.6 Å². The molecule has 1 heterocycles. The molecular weight excluding hydrogens is 219 g/mol. The van der Waals surface area contributed by atoms with Gasteiger partial charge >= 0.3 is 0 Å². The highest BCUT2D eigenvalue weighted by molar-refractivity contribution is 5.40. The molecule has 0 aliphatic heterocycles. The van der Waals surface area contributed by atoms with Crippen LogP contribution in [0.1, 0.15) is 32.4 Å². The molecule has 1 rings (SSSR count). The average Bonchev–Trinajstić information content (AvgIpc) is 2.35. The molecule has 0 aromatic carbocycles. The zero-order valence-corrected chi connectivity index (χ0v) is 10.6. The van der Waals surface area contributed by atoms with Crippen molar-refractivity contribution in [3.63, 3.8) is 0 Å². The summed E-state index contributed by atoms with van der Waals surface area (Å²) in [6, 6.07) is 0. The fraction of sp³-hybridized carbons (Fsp3) is 0.667. The minimum atomic E-state index is -0.291. The summed E-state index contributed by atoms with van der Waals surface area (Å²) in [6.45, 7) is 6.08. The maximum Gasteiger partial charge on any atom is 0.187 e. The van der Waals surface area contributed by atoms with Crippen LogP contribution in [0.3, 0.4) is 0 Å². The molecule has 2 N–H and O–H groups in total. The zero-order chi connectivity index (χ0) is 12.7. The van der Waals surface area contributed by atoms with Gasteiger partial charge in [0, 0.05) is 13.1 Å². The molecule has 0 amide bonds. The lowest BCUT2D eigenvalue weighted by molar-refractivity contribution is 0.578. The predicted octanol–water partition coefficient (Wildman–Crippen LogP) is 1.74. The van der Waals surface area contributed by atoms with Gasteiger partial charge in [-0.05, 0) is 25.8 Å². The minimum Gasteiger partial charge on any atom is -0.354 e. The van der Waals surface area contributed by atoms with Gasteiger partial charge in [-0.25, -0.2) is 14.4 Å². The Morgan fingerprint density at radius 2 is 2.06 bits per heavy atom. The van der Waals surface area contributed by atoms with Gasteiger partial charge in [0.2, 0.25) is 0 Å². The summed E-state index contributed by atoms with van der Waals surface area (Å²) in [5.74, 6) is 0.118. The van der Waals surface area contributed by atoms with Crippen LogP contribution in [0.15, 0.2) is 6.33 Å². The normalized spacial score (nSPS) is 10.6. The first-order valence-corrected chi connectivity index (χ1v) is 6.18. The van der Waals surface area contributed by atoms with Crippen LogP contribution < -0.4 is 10.6 Å². The Labute approximate surface area is 102 Å². The van der Waals surface area contributed by atoms with E-state index in [1.54, 1.807) is 0 Å². The van der Waals surface area contributed by atoms with Gasteiger partial charge in [0.05, 0.1) is 5.69 Å². The van der Waals surface area contributed by atoms with E-state index in [2.05, 4.69) is 16.9 Å². The molecule has 0 aliphatic rings. The zero-order valence-electron chi connectivity index (χ0n) is 10.6. The lowest BCUT2D eigenvalue weighted by Gasteiger charge is -2.23. The molecule has 0 saturated carbocycles. The number of rotatable bonds is 7. The summed E-state index contributed by atoms with van der Waals surface area (Å²) >= 11 is 0. The summed E-state index contributed by atoms with van der Waals surface area (Å²) in [6.07, 6.45) is 3.81. The van der Waals surface area contributed by atoms with Gasteiger partial charge in [-0.3, -0.25) is 0 Å². The van der Waals surface area contributed by atoms with Crippen LogP contribution in [0.4, 0.5) is 10.2 Å². The van der Waals surface area contributed by atoms with E-state index in [4.69, 9.17) is 5.73 Å². The molecule has 0 unspecified atom stereocenters. The second-order valence-corrected chi connectivity index (χ2v) is 3.94. The summed E-state index contributed by atoms with van der Waals surface area (Å²) in [5, 5.41) is 0. The first-order chi connectivity index (χ1) is 8.24. The fourth-order valence-corrected chi connectivity index (χ4v) is 1.74. The van der Waals surface area contributed by atoms with Crippen molar-refractivity contribution < 1.29 is 4.39 Å². The Bertz CT molecular complexity index is 343. The van der Waals surface area contributed by atoms with E-state index < -0.39 is 0 Å². The van der Waals surface area contributed by atoms with Gasteiger partial charge in [-0.2, -0.15) is 0 Å². The van der Waals surface area contributed by atoms with Gasteiger partial charge in [-0.1, -0.05) is 13.8 Å². The van der Waals surface area contributed by atoms with E-state index in [9.17, 15) is 4.39 Å². The topological polar surface area (TPSA) is 55.0 Å².